The Morgan fingerprint density at radius 1 is 0.920 bits per heavy atom. The second kappa shape index (κ2) is 6.94. The van der Waals surface area contributed by atoms with E-state index in [-0.39, 0.29) is 0 Å². The largest absolute Gasteiger partial charge is 0.341 e. The number of aromatic nitrogens is 4. The fourth-order valence-corrected chi connectivity index (χ4v) is 3.64. The summed E-state index contributed by atoms with van der Waals surface area (Å²) in [5, 5.41) is 0. The molecule has 0 N–H and O–H groups in total. The average Bonchev–Trinajstić information content (AvgIpc) is 3.17. The highest BCUT2D eigenvalue weighted by Crippen LogP contribution is 2.25. The SMILES string of the molecule is Cc1nc(N2CCC(C)CC2)ncc1-c1ccnc(N2CCCC2)n1. The molecule has 0 radical (unpaired) electrons. The highest BCUT2D eigenvalue weighted by Gasteiger charge is 2.20. The summed E-state index contributed by atoms with van der Waals surface area (Å²) < 4.78 is 0. The van der Waals surface area contributed by atoms with Gasteiger partial charge in [-0.2, -0.15) is 0 Å². The lowest BCUT2D eigenvalue weighted by Crippen LogP contribution is -2.34. The van der Waals surface area contributed by atoms with Crippen LogP contribution in [0.3, 0.4) is 0 Å². The van der Waals surface area contributed by atoms with Gasteiger partial charge in [0.15, 0.2) is 0 Å². The van der Waals surface area contributed by atoms with Gasteiger partial charge in [-0.15, -0.1) is 0 Å². The molecule has 132 valence electrons. The zero-order valence-electron chi connectivity index (χ0n) is 15.1. The molecule has 0 spiro atoms. The lowest BCUT2D eigenvalue weighted by Gasteiger charge is -2.30. The predicted octanol–water partition coefficient (Wildman–Crippen LogP) is 3.08. The van der Waals surface area contributed by atoms with Gasteiger partial charge in [-0.3, -0.25) is 0 Å². The van der Waals surface area contributed by atoms with E-state index in [1.54, 1.807) is 0 Å². The Labute approximate surface area is 149 Å². The van der Waals surface area contributed by atoms with Crippen LogP contribution >= 0.6 is 0 Å². The molecule has 2 aromatic heterocycles. The van der Waals surface area contributed by atoms with Gasteiger partial charge in [0.25, 0.3) is 0 Å². The average molecular weight is 338 g/mol. The second-order valence-corrected chi connectivity index (χ2v) is 7.27. The smallest absolute Gasteiger partial charge is 0.225 e. The lowest BCUT2D eigenvalue weighted by molar-refractivity contribution is 0.434. The maximum atomic E-state index is 4.77. The molecule has 0 aromatic carbocycles. The van der Waals surface area contributed by atoms with E-state index in [4.69, 9.17) is 9.97 Å². The summed E-state index contributed by atoms with van der Waals surface area (Å²) >= 11 is 0. The summed E-state index contributed by atoms with van der Waals surface area (Å²) in [6, 6.07) is 1.95. The van der Waals surface area contributed by atoms with E-state index in [1.165, 1.54) is 25.7 Å². The van der Waals surface area contributed by atoms with Crippen LogP contribution in [0.25, 0.3) is 11.3 Å². The minimum atomic E-state index is 0.807. The molecular weight excluding hydrogens is 312 g/mol. The van der Waals surface area contributed by atoms with Crippen molar-refractivity contribution < 1.29 is 0 Å². The third-order valence-electron chi connectivity index (χ3n) is 5.34. The van der Waals surface area contributed by atoms with Crippen molar-refractivity contribution in [2.45, 2.75) is 39.5 Å². The van der Waals surface area contributed by atoms with Gasteiger partial charge >= 0.3 is 0 Å². The van der Waals surface area contributed by atoms with E-state index >= 15 is 0 Å². The van der Waals surface area contributed by atoms with Crippen LogP contribution in [-0.2, 0) is 0 Å². The minimum absolute atomic E-state index is 0.807. The fourth-order valence-electron chi connectivity index (χ4n) is 3.64. The van der Waals surface area contributed by atoms with Crippen molar-refractivity contribution in [2.24, 2.45) is 5.92 Å². The molecule has 2 saturated heterocycles. The molecule has 25 heavy (non-hydrogen) atoms. The number of rotatable bonds is 3. The molecule has 0 amide bonds. The standard InChI is InChI=1S/C19H26N6/c1-14-6-11-25(12-7-14)19-21-13-16(15(2)22-19)17-5-8-20-18(23-17)24-9-3-4-10-24/h5,8,13-14H,3-4,6-7,9-12H2,1-2H3. The zero-order chi connectivity index (χ0) is 17.2. The first-order valence-corrected chi connectivity index (χ1v) is 9.37. The Morgan fingerprint density at radius 3 is 2.32 bits per heavy atom. The first-order valence-electron chi connectivity index (χ1n) is 9.37. The van der Waals surface area contributed by atoms with Crippen LogP contribution in [-0.4, -0.2) is 46.1 Å². The highest BCUT2D eigenvalue weighted by molar-refractivity contribution is 5.62. The van der Waals surface area contributed by atoms with Crippen LogP contribution in [0.15, 0.2) is 18.5 Å². The topological polar surface area (TPSA) is 58.0 Å². The van der Waals surface area contributed by atoms with Crippen molar-refractivity contribution in [3.63, 3.8) is 0 Å². The molecule has 0 atom stereocenters. The van der Waals surface area contributed by atoms with E-state index in [0.717, 1.165) is 60.9 Å². The van der Waals surface area contributed by atoms with Crippen LogP contribution in [0, 0.1) is 12.8 Å². The maximum absolute atomic E-state index is 4.77. The van der Waals surface area contributed by atoms with Gasteiger partial charge in [-0.25, -0.2) is 19.9 Å². The predicted molar refractivity (Wildman–Crippen MR) is 99.9 cm³/mol. The molecule has 0 bridgehead atoms. The molecule has 2 aliphatic heterocycles. The quantitative estimate of drug-likeness (QED) is 0.857. The number of hydrogen-bond acceptors (Lipinski definition) is 6. The Balaban J connectivity index is 1.57. The molecule has 6 heteroatoms. The molecular formula is C19H26N6. The van der Waals surface area contributed by atoms with E-state index in [0.29, 0.717) is 0 Å². The Bertz CT molecular complexity index is 732. The van der Waals surface area contributed by atoms with Gasteiger partial charge in [0, 0.05) is 44.1 Å². The van der Waals surface area contributed by atoms with Crippen LogP contribution in [0.2, 0.25) is 0 Å². The zero-order valence-corrected chi connectivity index (χ0v) is 15.1. The second-order valence-electron chi connectivity index (χ2n) is 7.27. The van der Waals surface area contributed by atoms with Crippen molar-refractivity contribution in [1.82, 2.24) is 19.9 Å². The monoisotopic (exact) mass is 338 g/mol. The fraction of sp³-hybridized carbons (Fsp3) is 0.579. The summed E-state index contributed by atoms with van der Waals surface area (Å²) in [6.07, 6.45) is 8.64. The summed E-state index contributed by atoms with van der Waals surface area (Å²) in [6.45, 7) is 8.56. The van der Waals surface area contributed by atoms with Crippen LogP contribution in [0.5, 0.6) is 0 Å². The number of piperidine rings is 1. The summed E-state index contributed by atoms with van der Waals surface area (Å²) in [5.41, 5.74) is 2.89. The molecule has 6 nitrogen and oxygen atoms in total. The van der Waals surface area contributed by atoms with Gasteiger partial charge in [0.05, 0.1) is 11.4 Å². The van der Waals surface area contributed by atoms with Gasteiger partial charge < -0.3 is 9.80 Å². The van der Waals surface area contributed by atoms with Gasteiger partial charge in [0.2, 0.25) is 11.9 Å². The Kier molecular flexibility index (Phi) is 4.51. The third-order valence-corrected chi connectivity index (χ3v) is 5.34. The number of nitrogens with zero attached hydrogens (tertiary/aromatic N) is 6. The Morgan fingerprint density at radius 2 is 1.60 bits per heavy atom. The minimum Gasteiger partial charge on any atom is -0.341 e. The summed E-state index contributed by atoms with van der Waals surface area (Å²) in [5.74, 6) is 2.48. The maximum Gasteiger partial charge on any atom is 0.225 e. The number of hydrogen-bond donors (Lipinski definition) is 0. The molecule has 0 unspecified atom stereocenters. The first kappa shape index (κ1) is 16.2. The summed E-state index contributed by atoms with van der Waals surface area (Å²) in [7, 11) is 0. The highest BCUT2D eigenvalue weighted by atomic mass is 15.3. The molecule has 4 rings (SSSR count). The van der Waals surface area contributed by atoms with E-state index in [9.17, 15) is 0 Å². The Hall–Kier alpha value is -2.24. The van der Waals surface area contributed by atoms with E-state index in [2.05, 4.69) is 26.7 Å². The third kappa shape index (κ3) is 3.43. The molecule has 0 saturated carbocycles. The molecule has 2 aromatic rings. The van der Waals surface area contributed by atoms with E-state index < -0.39 is 0 Å². The van der Waals surface area contributed by atoms with Crippen LogP contribution in [0.1, 0.15) is 38.3 Å². The van der Waals surface area contributed by atoms with E-state index in [1.807, 2.05) is 25.4 Å². The lowest BCUT2D eigenvalue weighted by atomic mass is 10.00. The number of aryl methyl sites for hydroxylation is 1. The molecule has 2 fully saturated rings. The van der Waals surface area contributed by atoms with Crippen molar-refractivity contribution in [3.05, 3.63) is 24.2 Å². The molecule has 2 aliphatic rings. The molecule has 4 heterocycles. The van der Waals surface area contributed by atoms with Gasteiger partial charge in [-0.1, -0.05) is 6.92 Å². The summed E-state index contributed by atoms with van der Waals surface area (Å²) in [4.78, 5) is 23.1. The first-order chi connectivity index (χ1) is 12.2. The van der Waals surface area contributed by atoms with Crippen molar-refractivity contribution in [2.75, 3.05) is 36.0 Å². The normalized spacial score (nSPS) is 18.8. The molecule has 0 aliphatic carbocycles. The van der Waals surface area contributed by atoms with Crippen LogP contribution < -0.4 is 9.80 Å². The van der Waals surface area contributed by atoms with Crippen molar-refractivity contribution in [3.8, 4) is 11.3 Å². The number of anilines is 2. The van der Waals surface area contributed by atoms with Crippen molar-refractivity contribution >= 4 is 11.9 Å². The van der Waals surface area contributed by atoms with Gasteiger partial charge in [-0.05, 0) is 44.6 Å². The van der Waals surface area contributed by atoms with Crippen LogP contribution in [0.4, 0.5) is 11.9 Å². The van der Waals surface area contributed by atoms with Gasteiger partial charge in [0.1, 0.15) is 0 Å². The van der Waals surface area contributed by atoms with Crippen molar-refractivity contribution in [1.29, 1.82) is 0 Å².